The zero-order valence-corrected chi connectivity index (χ0v) is 17.6. The number of amides is 1. The molecule has 1 saturated heterocycles. The van der Waals surface area contributed by atoms with Crippen molar-refractivity contribution in [3.05, 3.63) is 58.9 Å². The highest BCUT2D eigenvalue weighted by Gasteiger charge is 2.19. The Hall–Kier alpha value is -2.48. The molecule has 0 atom stereocenters. The van der Waals surface area contributed by atoms with Crippen LogP contribution in [0.5, 0.6) is 0 Å². The van der Waals surface area contributed by atoms with Crippen LogP contribution in [0.25, 0.3) is 11.3 Å². The number of nitrogens with one attached hydrogen (secondary N) is 1. The van der Waals surface area contributed by atoms with E-state index < -0.39 is 0 Å². The van der Waals surface area contributed by atoms with Crippen molar-refractivity contribution in [1.29, 1.82) is 0 Å². The summed E-state index contributed by atoms with van der Waals surface area (Å²) in [7, 11) is 0. The molecule has 152 valence electrons. The van der Waals surface area contributed by atoms with Gasteiger partial charge in [0.1, 0.15) is 0 Å². The lowest BCUT2D eigenvalue weighted by Gasteiger charge is -2.34. The van der Waals surface area contributed by atoms with Gasteiger partial charge in [-0.2, -0.15) is 16.4 Å². The number of nitrogens with zero attached hydrogens (tertiary/aromatic N) is 4. The first-order valence-electron chi connectivity index (χ1n) is 10.1. The summed E-state index contributed by atoms with van der Waals surface area (Å²) >= 11 is 1.69. The largest absolute Gasteiger partial charge is 0.325 e. The van der Waals surface area contributed by atoms with Gasteiger partial charge in [0.2, 0.25) is 5.91 Å². The van der Waals surface area contributed by atoms with Crippen molar-refractivity contribution in [2.75, 3.05) is 38.0 Å². The highest BCUT2D eigenvalue weighted by molar-refractivity contribution is 7.08. The third-order valence-electron chi connectivity index (χ3n) is 5.31. The summed E-state index contributed by atoms with van der Waals surface area (Å²) in [5.74, 6) is 0.0619. The quantitative estimate of drug-likeness (QED) is 0.650. The van der Waals surface area contributed by atoms with Gasteiger partial charge in [0.25, 0.3) is 0 Å². The van der Waals surface area contributed by atoms with Crippen molar-refractivity contribution in [2.24, 2.45) is 0 Å². The molecular formula is C22H27N5OS. The molecule has 4 rings (SSSR count). The first kappa shape index (κ1) is 19.8. The van der Waals surface area contributed by atoms with Crippen molar-refractivity contribution in [3.63, 3.8) is 0 Å². The second-order valence-electron chi connectivity index (χ2n) is 7.35. The van der Waals surface area contributed by atoms with Gasteiger partial charge in [0.15, 0.2) is 0 Å². The topological polar surface area (TPSA) is 53.4 Å². The van der Waals surface area contributed by atoms with Crippen LogP contribution >= 0.6 is 11.3 Å². The molecule has 1 aromatic carbocycles. The fourth-order valence-corrected chi connectivity index (χ4v) is 4.29. The molecule has 0 unspecified atom stereocenters. The first-order valence-corrected chi connectivity index (χ1v) is 11.0. The number of aromatic nitrogens is 2. The Balaban J connectivity index is 1.24. The number of para-hydroxylation sites is 1. The molecule has 1 amide bonds. The van der Waals surface area contributed by atoms with Gasteiger partial charge < -0.3 is 5.32 Å². The number of carbonyl (C=O) groups excluding carboxylic acids is 1. The van der Waals surface area contributed by atoms with Gasteiger partial charge in [-0.15, -0.1) is 0 Å². The van der Waals surface area contributed by atoms with Gasteiger partial charge in [-0.1, -0.05) is 25.1 Å². The molecule has 3 aromatic rings. The maximum absolute atomic E-state index is 12.5. The van der Waals surface area contributed by atoms with Crippen LogP contribution in [0, 0.1) is 0 Å². The molecule has 0 saturated carbocycles. The van der Waals surface area contributed by atoms with E-state index in [2.05, 4.69) is 56.1 Å². The fraction of sp³-hybridized carbons (Fsp3) is 0.364. The normalized spacial score (nSPS) is 15.5. The van der Waals surface area contributed by atoms with Crippen molar-refractivity contribution in [2.45, 2.75) is 20.0 Å². The predicted octanol–water partition coefficient (Wildman–Crippen LogP) is 3.39. The average Bonchev–Trinajstić information content (AvgIpc) is 3.42. The van der Waals surface area contributed by atoms with E-state index in [4.69, 9.17) is 0 Å². The van der Waals surface area contributed by atoms with Crippen molar-refractivity contribution in [1.82, 2.24) is 19.6 Å². The summed E-state index contributed by atoms with van der Waals surface area (Å²) in [6.07, 6.45) is 2.95. The average molecular weight is 410 g/mol. The minimum Gasteiger partial charge on any atom is -0.325 e. The van der Waals surface area contributed by atoms with Crippen molar-refractivity contribution in [3.8, 4) is 11.3 Å². The van der Waals surface area contributed by atoms with Gasteiger partial charge in [0, 0.05) is 49.0 Å². The maximum atomic E-state index is 12.5. The van der Waals surface area contributed by atoms with Crippen LogP contribution in [0.15, 0.2) is 53.4 Å². The minimum atomic E-state index is 0.0619. The van der Waals surface area contributed by atoms with E-state index in [1.807, 2.05) is 29.1 Å². The Morgan fingerprint density at radius 2 is 1.90 bits per heavy atom. The van der Waals surface area contributed by atoms with E-state index in [9.17, 15) is 4.79 Å². The Labute approximate surface area is 175 Å². The second kappa shape index (κ2) is 9.35. The van der Waals surface area contributed by atoms with E-state index in [1.54, 1.807) is 11.3 Å². The van der Waals surface area contributed by atoms with E-state index >= 15 is 0 Å². The van der Waals surface area contributed by atoms with Crippen LogP contribution in [0.1, 0.15) is 12.5 Å². The molecule has 1 fully saturated rings. The van der Waals surface area contributed by atoms with Gasteiger partial charge >= 0.3 is 0 Å². The standard InChI is InChI=1S/C22H27N5OS/c1-2-18-5-3-4-6-20(18)23-22(28)15-25-10-12-26(13-11-25)17-27-9-7-21(24-27)19-8-14-29-16-19/h3-9,14,16H,2,10-13,15,17H2,1H3,(H,23,28). The lowest BCUT2D eigenvalue weighted by Crippen LogP contribution is -2.48. The number of rotatable bonds is 7. The summed E-state index contributed by atoms with van der Waals surface area (Å²) in [5, 5.41) is 11.9. The molecule has 0 radical (unpaired) electrons. The number of carbonyl (C=O) groups is 1. The molecule has 0 aliphatic carbocycles. The van der Waals surface area contributed by atoms with Crippen LogP contribution in [-0.4, -0.2) is 58.2 Å². The molecule has 1 N–H and O–H groups in total. The Morgan fingerprint density at radius 3 is 2.66 bits per heavy atom. The third-order valence-corrected chi connectivity index (χ3v) is 5.99. The number of thiophene rings is 1. The number of hydrogen-bond acceptors (Lipinski definition) is 5. The van der Waals surface area contributed by atoms with Crippen LogP contribution in [0.3, 0.4) is 0 Å². The smallest absolute Gasteiger partial charge is 0.238 e. The number of anilines is 1. The first-order chi connectivity index (χ1) is 14.2. The molecule has 2 aromatic heterocycles. The molecule has 1 aliphatic heterocycles. The summed E-state index contributed by atoms with van der Waals surface area (Å²) in [6, 6.07) is 12.2. The molecular weight excluding hydrogens is 382 g/mol. The van der Waals surface area contributed by atoms with E-state index in [0.717, 1.165) is 50.6 Å². The molecule has 29 heavy (non-hydrogen) atoms. The number of hydrogen-bond donors (Lipinski definition) is 1. The van der Waals surface area contributed by atoms with Gasteiger partial charge in [-0.3, -0.25) is 19.3 Å². The highest BCUT2D eigenvalue weighted by atomic mass is 32.1. The number of benzene rings is 1. The molecule has 0 bridgehead atoms. The van der Waals surface area contributed by atoms with Crippen LogP contribution in [0.4, 0.5) is 5.69 Å². The van der Waals surface area contributed by atoms with E-state index in [1.165, 1.54) is 11.1 Å². The Morgan fingerprint density at radius 1 is 1.10 bits per heavy atom. The van der Waals surface area contributed by atoms with E-state index in [-0.39, 0.29) is 5.91 Å². The number of aryl methyl sites for hydroxylation is 1. The summed E-state index contributed by atoms with van der Waals surface area (Å²) in [6.45, 7) is 6.99. The zero-order valence-electron chi connectivity index (χ0n) is 16.8. The molecule has 0 spiro atoms. The van der Waals surface area contributed by atoms with Crippen LogP contribution in [0.2, 0.25) is 0 Å². The summed E-state index contributed by atoms with van der Waals surface area (Å²) in [4.78, 5) is 17.1. The van der Waals surface area contributed by atoms with Crippen molar-refractivity contribution >= 4 is 22.9 Å². The molecule has 7 heteroatoms. The highest BCUT2D eigenvalue weighted by Crippen LogP contribution is 2.20. The predicted molar refractivity (Wildman–Crippen MR) is 118 cm³/mol. The van der Waals surface area contributed by atoms with Crippen molar-refractivity contribution < 1.29 is 4.79 Å². The molecule has 1 aliphatic rings. The maximum Gasteiger partial charge on any atom is 0.238 e. The monoisotopic (exact) mass is 409 g/mol. The minimum absolute atomic E-state index is 0.0619. The fourth-order valence-electron chi connectivity index (χ4n) is 3.64. The SMILES string of the molecule is CCc1ccccc1NC(=O)CN1CCN(Cn2ccc(-c3ccsc3)n2)CC1. The summed E-state index contributed by atoms with van der Waals surface area (Å²) < 4.78 is 2.00. The Bertz CT molecular complexity index is 928. The molecule has 3 heterocycles. The molecule has 6 nitrogen and oxygen atoms in total. The van der Waals surface area contributed by atoms with Crippen LogP contribution in [-0.2, 0) is 17.9 Å². The third kappa shape index (κ3) is 5.12. The lowest BCUT2D eigenvalue weighted by molar-refractivity contribution is -0.117. The van der Waals surface area contributed by atoms with Gasteiger partial charge in [-0.25, -0.2) is 0 Å². The number of piperazine rings is 1. The van der Waals surface area contributed by atoms with Gasteiger partial charge in [0.05, 0.1) is 18.9 Å². The van der Waals surface area contributed by atoms with E-state index in [0.29, 0.717) is 6.54 Å². The summed E-state index contributed by atoms with van der Waals surface area (Å²) in [5.41, 5.74) is 4.30. The zero-order chi connectivity index (χ0) is 20.1. The second-order valence-corrected chi connectivity index (χ2v) is 8.13. The van der Waals surface area contributed by atoms with Crippen LogP contribution < -0.4 is 5.32 Å². The lowest BCUT2D eigenvalue weighted by atomic mass is 10.1. The Kier molecular flexibility index (Phi) is 6.39. The van der Waals surface area contributed by atoms with Gasteiger partial charge in [-0.05, 0) is 35.6 Å².